The second-order valence-corrected chi connectivity index (χ2v) is 7.46. The highest BCUT2D eigenvalue weighted by Gasteiger charge is 2.48. The summed E-state index contributed by atoms with van der Waals surface area (Å²) in [6.07, 6.45) is 0. The van der Waals surface area contributed by atoms with Crippen molar-refractivity contribution in [2.24, 2.45) is 10.4 Å². The molecule has 1 N–H and O–H groups in total. The zero-order valence-corrected chi connectivity index (χ0v) is 15.4. The number of para-hydroxylation sites is 2. The SMILES string of the molecule is CC1(C)C(=O)N=C2C1=C(OCc1nc3ccccc3[nH]1)C(=O)c1ccccc12. The molecular formula is C22H17N3O3. The number of aromatic amines is 1. The minimum Gasteiger partial charge on any atom is -0.481 e. The van der Waals surface area contributed by atoms with E-state index in [-0.39, 0.29) is 24.1 Å². The van der Waals surface area contributed by atoms with E-state index in [1.54, 1.807) is 26.0 Å². The Morgan fingerprint density at radius 3 is 2.50 bits per heavy atom. The summed E-state index contributed by atoms with van der Waals surface area (Å²) in [6.45, 7) is 3.64. The van der Waals surface area contributed by atoms with Gasteiger partial charge in [-0.05, 0) is 26.0 Å². The molecule has 0 atom stereocenters. The van der Waals surface area contributed by atoms with Gasteiger partial charge in [-0.3, -0.25) is 9.59 Å². The van der Waals surface area contributed by atoms with Crippen molar-refractivity contribution in [1.29, 1.82) is 0 Å². The molecule has 0 bridgehead atoms. The Balaban J connectivity index is 1.58. The lowest BCUT2D eigenvalue weighted by molar-refractivity contribution is -0.123. The third kappa shape index (κ3) is 2.27. The normalized spacial score (nSPS) is 17.6. The smallest absolute Gasteiger partial charge is 0.256 e. The fraction of sp³-hybridized carbons (Fsp3) is 0.182. The van der Waals surface area contributed by atoms with Crippen molar-refractivity contribution >= 4 is 28.4 Å². The van der Waals surface area contributed by atoms with Crippen molar-refractivity contribution in [3.63, 3.8) is 0 Å². The number of hydrogen-bond acceptors (Lipinski definition) is 4. The van der Waals surface area contributed by atoms with Gasteiger partial charge in [0.25, 0.3) is 5.91 Å². The topological polar surface area (TPSA) is 84.4 Å². The van der Waals surface area contributed by atoms with E-state index in [1.165, 1.54) is 0 Å². The molecule has 2 aromatic carbocycles. The van der Waals surface area contributed by atoms with Crippen molar-refractivity contribution in [2.75, 3.05) is 0 Å². The lowest BCUT2D eigenvalue weighted by Gasteiger charge is -2.26. The maximum Gasteiger partial charge on any atom is 0.256 e. The lowest BCUT2D eigenvalue weighted by Crippen LogP contribution is -2.30. The Hall–Kier alpha value is -3.54. The first kappa shape index (κ1) is 16.6. The Morgan fingerprint density at radius 1 is 1.00 bits per heavy atom. The van der Waals surface area contributed by atoms with Gasteiger partial charge in [0.15, 0.2) is 5.76 Å². The summed E-state index contributed by atoms with van der Waals surface area (Å²) in [4.78, 5) is 37.6. The van der Waals surface area contributed by atoms with Crippen LogP contribution in [-0.2, 0) is 16.1 Å². The lowest BCUT2D eigenvalue weighted by atomic mass is 9.76. The standard InChI is InChI=1S/C22H17N3O3/c1-22(2)17-18(25-21(22)27)12-7-3-4-8-13(12)19(26)20(17)28-11-16-23-14-9-5-6-10-15(14)24-16/h3-10H,11H2,1-2H3,(H,23,24). The van der Waals surface area contributed by atoms with E-state index in [0.29, 0.717) is 28.2 Å². The van der Waals surface area contributed by atoms with Crippen LogP contribution in [0.5, 0.6) is 0 Å². The van der Waals surface area contributed by atoms with Crippen LogP contribution in [0.2, 0.25) is 0 Å². The van der Waals surface area contributed by atoms with Gasteiger partial charge in [-0.15, -0.1) is 0 Å². The van der Waals surface area contributed by atoms with Gasteiger partial charge in [0.1, 0.15) is 12.4 Å². The van der Waals surface area contributed by atoms with E-state index in [0.717, 1.165) is 11.0 Å². The molecule has 6 nitrogen and oxygen atoms in total. The van der Waals surface area contributed by atoms with Crippen LogP contribution >= 0.6 is 0 Å². The number of rotatable bonds is 3. The van der Waals surface area contributed by atoms with Gasteiger partial charge in [0.2, 0.25) is 5.78 Å². The van der Waals surface area contributed by atoms with Gasteiger partial charge in [-0.2, -0.15) is 0 Å². The molecule has 0 saturated heterocycles. The average Bonchev–Trinajstić information content (AvgIpc) is 3.21. The summed E-state index contributed by atoms with van der Waals surface area (Å²) in [5, 5.41) is 0. The number of benzene rings is 2. The summed E-state index contributed by atoms with van der Waals surface area (Å²) >= 11 is 0. The van der Waals surface area contributed by atoms with E-state index >= 15 is 0 Å². The zero-order chi connectivity index (χ0) is 19.5. The number of ketones is 1. The Bertz CT molecular complexity index is 1200. The summed E-state index contributed by atoms with van der Waals surface area (Å²) in [6, 6.07) is 14.8. The van der Waals surface area contributed by atoms with Crippen LogP contribution in [-0.4, -0.2) is 27.4 Å². The van der Waals surface area contributed by atoms with Gasteiger partial charge >= 0.3 is 0 Å². The third-order valence-corrected chi connectivity index (χ3v) is 5.26. The van der Waals surface area contributed by atoms with Crippen molar-refractivity contribution in [1.82, 2.24) is 9.97 Å². The number of nitrogens with zero attached hydrogens (tertiary/aromatic N) is 2. The number of carbonyl (C=O) groups excluding carboxylic acids is 2. The quantitative estimate of drug-likeness (QED) is 0.763. The van der Waals surface area contributed by atoms with Gasteiger partial charge in [0.05, 0.1) is 22.2 Å². The summed E-state index contributed by atoms with van der Waals surface area (Å²) < 4.78 is 5.97. The number of carbonyl (C=O) groups is 2. The molecule has 2 aliphatic rings. The molecule has 6 heteroatoms. The molecule has 1 aromatic heterocycles. The Labute approximate surface area is 161 Å². The number of aliphatic imine (C=N–C) groups is 1. The maximum atomic E-state index is 13.2. The van der Waals surface area contributed by atoms with E-state index < -0.39 is 5.41 Å². The molecule has 0 radical (unpaired) electrons. The molecule has 1 amide bonds. The van der Waals surface area contributed by atoms with E-state index in [9.17, 15) is 9.59 Å². The van der Waals surface area contributed by atoms with E-state index in [2.05, 4.69) is 15.0 Å². The predicted octanol–water partition coefficient (Wildman–Crippen LogP) is 3.59. The minimum absolute atomic E-state index is 0.0962. The summed E-state index contributed by atoms with van der Waals surface area (Å²) in [5.74, 6) is 0.283. The first-order valence-corrected chi connectivity index (χ1v) is 9.05. The number of ether oxygens (including phenoxy) is 1. The van der Waals surface area contributed by atoms with Gasteiger partial charge in [-0.25, -0.2) is 9.98 Å². The van der Waals surface area contributed by atoms with Gasteiger partial charge < -0.3 is 9.72 Å². The number of Topliss-reactive ketones (excluding diaryl/α,β-unsaturated/α-hetero) is 1. The third-order valence-electron chi connectivity index (χ3n) is 5.26. The summed E-state index contributed by atoms with van der Waals surface area (Å²) in [5.41, 5.74) is 3.08. The predicted molar refractivity (Wildman–Crippen MR) is 104 cm³/mol. The average molecular weight is 371 g/mol. The molecule has 0 unspecified atom stereocenters. The van der Waals surface area contributed by atoms with E-state index in [4.69, 9.17) is 4.74 Å². The highest BCUT2D eigenvalue weighted by Crippen LogP contribution is 2.43. The number of H-pyrrole nitrogens is 1. The number of hydrogen-bond donors (Lipinski definition) is 1. The number of fused-ring (bicyclic) bond motifs is 4. The van der Waals surface area contributed by atoms with Crippen LogP contribution < -0.4 is 0 Å². The van der Waals surface area contributed by atoms with Crippen molar-refractivity contribution < 1.29 is 14.3 Å². The molecule has 0 saturated carbocycles. The molecule has 1 aliphatic carbocycles. The van der Waals surface area contributed by atoms with Gasteiger partial charge in [-0.1, -0.05) is 36.4 Å². The highest BCUT2D eigenvalue weighted by atomic mass is 16.5. The molecule has 2 heterocycles. The molecule has 1 aliphatic heterocycles. The monoisotopic (exact) mass is 371 g/mol. The van der Waals surface area contributed by atoms with Crippen LogP contribution in [0.3, 0.4) is 0 Å². The second-order valence-electron chi connectivity index (χ2n) is 7.46. The Kier molecular flexibility index (Phi) is 3.40. The fourth-order valence-corrected chi connectivity index (χ4v) is 3.76. The molecule has 138 valence electrons. The number of aromatic nitrogens is 2. The van der Waals surface area contributed by atoms with Crippen LogP contribution in [0.4, 0.5) is 0 Å². The first-order chi connectivity index (χ1) is 13.5. The number of nitrogens with one attached hydrogen (secondary N) is 1. The highest BCUT2D eigenvalue weighted by molar-refractivity contribution is 6.34. The molecule has 0 spiro atoms. The van der Waals surface area contributed by atoms with Gasteiger partial charge in [0, 0.05) is 16.7 Å². The number of allylic oxidation sites excluding steroid dienone is 1. The summed E-state index contributed by atoms with van der Waals surface area (Å²) in [7, 11) is 0. The molecule has 5 rings (SSSR count). The zero-order valence-electron chi connectivity index (χ0n) is 15.4. The largest absolute Gasteiger partial charge is 0.481 e. The number of amides is 1. The van der Waals surface area contributed by atoms with Crippen molar-refractivity contribution in [2.45, 2.75) is 20.5 Å². The van der Waals surface area contributed by atoms with Crippen LogP contribution in [0, 0.1) is 5.41 Å². The molecule has 3 aromatic rings. The first-order valence-electron chi connectivity index (χ1n) is 9.05. The van der Waals surface area contributed by atoms with Crippen LogP contribution in [0.25, 0.3) is 11.0 Å². The molecular weight excluding hydrogens is 354 g/mol. The van der Waals surface area contributed by atoms with Crippen molar-refractivity contribution in [3.05, 3.63) is 76.8 Å². The fourth-order valence-electron chi connectivity index (χ4n) is 3.76. The van der Waals surface area contributed by atoms with Crippen molar-refractivity contribution in [3.8, 4) is 0 Å². The Morgan fingerprint density at radius 2 is 1.71 bits per heavy atom. The molecule has 28 heavy (non-hydrogen) atoms. The maximum absolute atomic E-state index is 13.2. The molecule has 0 fully saturated rings. The van der Waals surface area contributed by atoms with E-state index in [1.807, 2.05) is 36.4 Å². The second kappa shape index (κ2) is 5.73. The van der Waals surface area contributed by atoms with Crippen LogP contribution in [0.15, 0.2) is 64.9 Å². The minimum atomic E-state index is -0.915. The number of imidazole rings is 1. The van der Waals surface area contributed by atoms with Crippen LogP contribution in [0.1, 0.15) is 35.6 Å².